The monoisotopic (exact) mass is 181 g/mol. The normalized spacial score (nSPS) is 9.38. The minimum atomic E-state index is -0.1000. The Kier molecular flexibility index (Phi) is 3.19. The molecule has 0 saturated carbocycles. The van der Waals surface area contributed by atoms with E-state index in [1.807, 2.05) is 0 Å². The number of carbonyl (C=O) groups excluding carboxylic acids is 1. The number of ether oxygens (including phenoxy) is 1. The van der Waals surface area contributed by atoms with Gasteiger partial charge in [-0.05, 0) is 0 Å². The molecule has 1 amide bonds. The molecule has 13 heavy (non-hydrogen) atoms. The fraction of sp³-hybridized carbons (Fsp3) is 0.375. The van der Waals surface area contributed by atoms with Gasteiger partial charge in [0.25, 0.3) is 0 Å². The molecule has 1 rings (SSSR count). The van der Waals surface area contributed by atoms with Crippen molar-refractivity contribution in [3.63, 3.8) is 0 Å². The second-order valence-corrected chi connectivity index (χ2v) is 2.34. The molecule has 70 valence electrons. The third kappa shape index (κ3) is 2.40. The molecule has 1 N–H and O–H groups in total. The zero-order valence-electron chi connectivity index (χ0n) is 7.57. The maximum atomic E-state index is 11.0. The van der Waals surface area contributed by atoms with E-state index in [1.165, 1.54) is 19.6 Å². The highest BCUT2D eigenvalue weighted by Crippen LogP contribution is 2.18. The summed E-state index contributed by atoms with van der Waals surface area (Å²) in [4.78, 5) is 18.7. The molecule has 1 aromatic rings. The molecule has 1 aromatic heterocycles. The van der Waals surface area contributed by atoms with Gasteiger partial charge in [-0.3, -0.25) is 4.79 Å². The van der Waals surface area contributed by atoms with E-state index in [0.717, 1.165) is 0 Å². The molecule has 0 spiro atoms. The van der Waals surface area contributed by atoms with E-state index in [4.69, 9.17) is 4.74 Å². The molecule has 5 nitrogen and oxygen atoms in total. The number of aromatic nitrogens is 2. The fourth-order valence-corrected chi connectivity index (χ4v) is 0.781. The topological polar surface area (TPSA) is 64.1 Å². The Morgan fingerprint density at radius 3 is 3.08 bits per heavy atom. The van der Waals surface area contributed by atoms with Crippen molar-refractivity contribution in [3.05, 3.63) is 12.5 Å². The predicted molar refractivity (Wildman–Crippen MR) is 47.5 cm³/mol. The molecule has 0 aliphatic heterocycles. The van der Waals surface area contributed by atoms with Gasteiger partial charge < -0.3 is 10.1 Å². The van der Waals surface area contributed by atoms with E-state index in [9.17, 15) is 4.79 Å². The molecule has 0 aliphatic carbocycles. The highest BCUT2D eigenvalue weighted by molar-refractivity contribution is 5.90. The number of nitrogens with zero attached hydrogens (tertiary/aromatic N) is 2. The van der Waals surface area contributed by atoms with E-state index in [1.54, 1.807) is 6.92 Å². The highest BCUT2D eigenvalue weighted by atomic mass is 16.5. The molecule has 0 fully saturated rings. The second kappa shape index (κ2) is 4.39. The van der Waals surface area contributed by atoms with Crippen LogP contribution in [0.1, 0.15) is 13.3 Å². The molecule has 5 heteroatoms. The molecule has 0 radical (unpaired) electrons. The molecule has 0 atom stereocenters. The van der Waals surface area contributed by atoms with Crippen molar-refractivity contribution in [3.8, 4) is 5.75 Å². The van der Waals surface area contributed by atoms with E-state index < -0.39 is 0 Å². The average molecular weight is 181 g/mol. The zero-order valence-corrected chi connectivity index (χ0v) is 7.57. The van der Waals surface area contributed by atoms with Crippen molar-refractivity contribution in [2.75, 3.05) is 12.4 Å². The van der Waals surface area contributed by atoms with Crippen molar-refractivity contribution >= 4 is 11.7 Å². The lowest BCUT2D eigenvalue weighted by Crippen LogP contribution is -2.11. The summed E-state index contributed by atoms with van der Waals surface area (Å²) in [6.07, 6.45) is 3.26. The molecule has 0 aliphatic rings. The molecule has 0 saturated heterocycles. The summed E-state index contributed by atoms with van der Waals surface area (Å²) >= 11 is 0. The summed E-state index contributed by atoms with van der Waals surface area (Å²) in [7, 11) is 1.50. The smallest absolute Gasteiger partial charge is 0.225 e. The zero-order chi connectivity index (χ0) is 9.68. The SMILES string of the molecule is CCC(=O)Nc1ncncc1OC. The van der Waals surface area contributed by atoms with Gasteiger partial charge in [0.15, 0.2) is 11.6 Å². The minimum Gasteiger partial charge on any atom is -0.491 e. The van der Waals surface area contributed by atoms with Gasteiger partial charge in [-0.25, -0.2) is 9.97 Å². The summed E-state index contributed by atoms with van der Waals surface area (Å²) in [5, 5.41) is 2.60. The number of hydrogen-bond donors (Lipinski definition) is 1. The lowest BCUT2D eigenvalue weighted by Gasteiger charge is -2.06. The van der Waals surface area contributed by atoms with Crippen molar-refractivity contribution in [1.82, 2.24) is 9.97 Å². The Bertz CT molecular complexity index is 301. The van der Waals surface area contributed by atoms with Crippen LogP contribution in [0.3, 0.4) is 0 Å². The summed E-state index contributed by atoms with van der Waals surface area (Å²) in [6, 6.07) is 0. The number of rotatable bonds is 3. The second-order valence-electron chi connectivity index (χ2n) is 2.34. The number of nitrogens with one attached hydrogen (secondary N) is 1. The summed E-state index contributed by atoms with van der Waals surface area (Å²) in [5.74, 6) is 0.769. The van der Waals surface area contributed by atoms with Crippen molar-refractivity contribution < 1.29 is 9.53 Å². The predicted octanol–water partition coefficient (Wildman–Crippen LogP) is 0.834. The first-order valence-electron chi connectivity index (χ1n) is 3.91. The Hall–Kier alpha value is -1.65. The Morgan fingerprint density at radius 1 is 1.69 bits per heavy atom. The first-order valence-corrected chi connectivity index (χ1v) is 3.91. The Morgan fingerprint density at radius 2 is 2.46 bits per heavy atom. The first kappa shape index (κ1) is 9.44. The van der Waals surface area contributed by atoms with Crippen LogP contribution in [0.5, 0.6) is 5.75 Å². The van der Waals surface area contributed by atoms with Crippen molar-refractivity contribution in [2.24, 2.45) is 0 Å². The molecule has 0 bridgehead atoms. The van der Waals surface area contributed by atoms with Gasteiger partial charge in [-0.15, -0.1) is 0 Å². The summed E-state index contributed by atoms with van der Waals surface area (Å²) in [5.41, 5.74) is 0. The summed E-state index contributed by atoms with van der Waals surface area (Å²) in [6.45, 7) is 1.77. The molecular formula is C8H11N3O2. The standard InChI is InChI=1S/C8H11N3O2/c1-3-7(12)11-8-6(13-2)4-9-5-10-8/h4-5H,3H2,1-2H3,(H,9,10,11,12). The van der Waals surface area contributed by atoms with Crippen LogP contribution in [0.15, 0.2) is 12.5 Å². The number of amides is 1. The van der Waals surface area contributed by atoms with Gasteiger partial charge in [-0.1, -0.05) is 6.92 Å². The number of carbonyl (C=O) groups is 1. The molecular weight excluding hydrogens is 170 g/mol. The number of hydrogen-bond acceptors (Lipinski definition) is 4. The van der Waals surface area contributed by atoms with E-state index in [2.05, 4.69) is 15.3 Å². The van der Waals surface area contributed by atoms with Crippen LogP contribution < -0.4 is 10.1 Å². The third-order valence-electron chi connectivity index (χ3n) is 1.48. The van der Waals surface area contributed by atoms with Crippen molar-refractivity contribution in [1.29, 1.82) is 0 Å². The third-order valence-corrected chi connectivity index (χ3v) is 1.48. The van der Waals surface area contributed by atoms with Crippen LogP contribution in [-0.4, -0.2) is 23.0 Å². The van der Waals surface area contributed by atoms with E-state index >= 15 is 0 Å². The largest absolute Gasteiger partial charge is 0.491 e. The lowest BCUT2D eigenvalue weighted by molar-refractivity contribution is -0.115. The fourth-order valence-electron chi connectivity index (χ4n) is 0.781. The van der Waals surface area contributed by atoms with Crippen LogP contribution in [-0.2, 0) is 4.79 Å². The van der Waals surface area contributed by atoms with E-state index in [-0.39, 0.29) is 5.91 Å². The van der Waals surface area contributed by atoms with Gasteiger partial charge in [0, 0.05) is 6.42 Å². The maximum Gasteiger partial charge on any atom is 0.225 e. The molecule has 0 unspecified atom stereocenters. The van der Waals surface area contributed by atoms with Crippen LogP contribution in [0.2, 0.25) is 0 Å². The van der Waals surface area contributed by atoms with Crippen LogP contribution >= 0.6 is 0 Å². The van der Waals surface area contributed by atoms with Gasteiger partial charge in [0.05, 0.1) is 13.3 Å². The highest BCUT2D eigenvalue weighted by Gasteiger charge is 2.05. The van der Waals surface area contributed by atoms with Gasteiger partial charge in [0.2, 0.25) is 5.91 Å². The first-order chi connectivity index (χ1) is 6.27. The van der Waals surface area contributed by atoms with Crippen LogP contribution in [0.4, 0.5) is 5.82 Å². The average Bonchev–Trinajstić information content (AvgIpc) is 2.18. The van der Waals surface area contributed by atoms with E-state index in [0.29, 0.717) is 18.0 Å². The van der Waals surface area contributed by atoms with Crippen LogP contribution in [0, 0.1) is 0 Å². The number of anilines is 1. The minimum absolute atomic E-state index is 0.1000. The Labute approximate surface area is 76.2 Å². The maximum absolute atomic E-state index is 11.0. The van der Waals surface area contributed by atoms with Crippen molar-refractivity contribution in [2.45, 2.75) is 13.3 Å². The van der Waals surface area contributed by atoms with Crippen LogP contribution in [0.25, 0.3) is 0 Å². The lowest BCUT2D eigenvalue weighted by atomic mass is 10.4. The quantitative estimate of drug-likeness (QED) is 0.750. The van der Waals surface area contributed by atoms with Gasteiger partial charge >= 0.3 is 0 Å². The Balaban J connectivity index is 2.81. The van der Waals surface area contributed by atoms with Gasteiger partial charge in [0.1, 0.15) is 6.33 Å². The summed E-state index contributed by atoms with van der Waals surface area (Å²) < 4.78 is 4.95. The van der Waals surface area contributed by atoms with Gasteiger partial charge in [-0.2, -0.15) is 0 Å². The molecule has 0 aromatic carbocycles. The molecule has 1 heterocycles. The number of methoxy groups -OCH3 is 1.